The average Bonchev–Trinajstić information content (AvgIpc) is 2.72. The molecule has 94 valence electrons. The Morgan fingerprint density at radius 1 is 1.39 bits per heavy atom. The van der Waals surface area contributed by atoms with Crippen LogP contribution in [0.4, 0.5) is 5.69 Å². The first kappa shape index (κ1) is 12.4. The quantitative estimate of drug-likeness (QED) is 0.814. The molecule has 0 aliphatic carbocycles. The van der Waals surface area contributed by atoms with Crippen LogP contribution in [-0.4, -0.2) is 15.6 Å². The summed E-state index contributed by atoms with van der Waals surface area (Å²) in [6.45, 7) is 0. The van der Waals surface area contributed by atoms with Crippen LogP contribution in [0, 0.1) is 0 Å². The fourth-order valence-corrected chi connectivity index (χ4v) is 1.93. The number of carbonyl (C=O) groups excluding carboxylic acids is 1. The molecule has 4 heteroatoms. The highest BCUT2D eigenvalue weighted by Gasteiger charge is 2.06. The summed E-state index contributed by atoms with van der Waals surface area (Å²) in [4.78, 5) is 11.9. The molecule has 0 saturated heterocycles. The van der Waals surface area contributed by atoms with Crippen LogP contribution >= 0.6 is 0 Å². The number of nitrogen functional groups attached to an aromatic ring is 1. The predicted octanol–water partition coefficient (Wildman–Crippen LogP) is 1.75. The van der Waals surface area contributed by atoms with Crippen LogP contribution in [0.15, 0.2) is 36.5 Å². The Hall–Kier alpha value is -2.10. The minimum absolute atomic E-state index is 0.224. The van der Waals surface area contributed by atoms with Gasteiger partial charge in [0.1, 0.15) is 5.78 Å². The second-order valence-electron chi connectivity index (χ2n) is 4.41. The number of benzene rings is 1. The number of aromatic nitrogens is 2. The van der Waals surface area contributed by atoms with Crippen molar-refractivity contribution in [1.82, 2.24) is 9.78 Å². The monoisotopic (exact) mass is 243 g/mol. The van der Waals surface area contributed by atoms with Crippen LogP contribution in [0.5, 0.6) is 0 Å². The number of hydrogen-bond acceptors (Lipinski definition) is 3. The molecule has 4 nitrogen and oxygen atoms in total. The van der Waals surface area contributed by atoms with Gasteiger partial charge in [0.15, 0.2) is 0 Å². The minimum Gasteiger partial charge on any atom is -0.399 e. The molecule has 2 rings (SSSR count). The molecule has 0 aliphatic rings. The molecule has 0 saturated carbocycles. The van der Waals surface area contributed by atoms with Gasteiger partial charge in [0.05, 0.1) is 0 Å². The molecule has 0 spiro atoms. The van der Waals surface area contributed by atoms with Crippen LogP contribution in [0.2, 0.25) is 0 Å². The maximum atomic E-state index is 11.9. The second-order valence-corrected chi connectivity index (χ2v) is 4.41. The Labute approximate surface area is 106 Å². The van der Waals surface area contributed by atoms with Gasteiger partial charge >= 0.3 is 0 Å². The molecule has 18 heavy (non-hydrogen) atoms. The number of ketones is 1. The van der Waals surface area contributed by atoms with E-state index < -0.39 is 0 Å². The van der Waals surface area contributed by atoms with Crippen LogP contribution in [0.3, 0.4) is 0 Å². The molecule has 0 radical (unpaired) electrons. The van der Waals surface area contributed by atoms with Crippen LogP contribution in [0.1, 0.15) is 17.7 Å². The zero-order chi connectivity index (χ0) is 13.0. The van der Waals surface area contributed by atoms with Crippen LogP contribution < -0.4 is 5.73 Å². The third kappa shape index (κ3) is 3.20. The Kier molecular flexibility index (Phi) is 3.77. The Morgan fingerprint density at radius 2 is 2.22 bits per heavy atom. The fourth-order valence-electron chi connectivity index (χ4n) is 1.93. The summed E-state index contributed by atoms with van der Waals surface area (Å²) in [5.74, 6) is 0.224. The highest BCUT2D eigenvalue weighted by atomic mass is 16.1. The van der Waals surface area contributed by atoms with Crippen molar-refractivity contribution in [2.24, 2.45) is 7.05 Å². The van der Waals surface area contributed by atoms with Crippen molar-refractivity contribution in [1.29, 1.82) is 0 Å². The number of carbonyl (C=O) groups is 1. The summed E-state index contributed by atoms with van der Waals surface area (Å²) in [7, 11) is 1.89. The van der Waals surface area contributed by atoms with Gasteiger partial charge < -0.3 is 5.73 Å². The minimum atomic E-state index is 0.224. The van der Waals surface area contributed by atoms with Gasteiger partial charge in [-0.25, -0.2) is 0 Å². The summed E-state index contributed by atoms with van der Waals surface area (Å²) >= 11 is 0. The topological polar surface area (TPSA) is 60.9 Å². The average molecular weight is 243 g/mol. The molecular formula is C14H17N3O. The molecule has 2 aromatic rings. The number of nitrogens with two attached hydrogens (primary N) is 1. The Morgan fingerprint density at radius 3 is 2.89 bits per heavy atom. The highest BCUT2D eigenvalue weighted by Crippen LogP contribution is 2.09. The Balaban J connectivity index is 1.88. The third-order valence-electron chi connectivity index (χ3n) is 2.93. The largest absolute Gasteiger partial charge is 0.399 e. The normalized spacial score (nSPS) is 10.5. The van der Waals surface area contributed by atoms with Gasteiger partial charge in [-0.15, -0.1) is 0 Å². The SMILES string of the molecule is Cn1nccc1CCC(=O)Cc1cccc(N)c1. The van der Waals surface area contributed by atoms with E-state index in [-0.39, 0.29) is 5.78 Å². The number of hydrogen-bond donors (Lipinski definition) is 1. The molecule has 1 aromatic carbocycles. The van der Waals surface area contributed by atoms with E-state index in [0.29, 0.717) is 18.5 Å². The number of rotatable bonds is 5. The highest BCUT2D eigenvalue weighted by molar-refractivity contribution is 5.81. The van der Waals surface area contributed by atoms with Crippen molar-refractivity contribution in [3.63, 3.8) is 0 Å². The molecule has 0 atom stereocenters. The Bertz CT molecular complexity index is 545. The van der Waals surface area contributed by atoms with Gasteiger partial charge in [0, 0.05) is 37.5 Å². The zero-order valence-corrected chi connectivity index (χ0v) is 10.5. The number of aryl methyl sites for hydroxylation is 2. The summed E-state index contributed by atoms with van der Waals surface area (Å²) in [6, 6.07) is 9.41. The van der Waals surface area contributed by atoms with E-state index in [9.17, 15) is 4.79 Å². The first-order valence-corrected chi connectivity index (χ1v) is 5.98. The lowest BCUT2D eigenvalue weighted by atomic mass is 10.0. The van der Waals surface area contributed by atoms with Gasteiger partial charge in [-0.3, -0.25) is 9.48 Å². The summed E-state index contributed by atoms with van der Waals surface area (Å²) in [5.41, 5.74) is 8.44. The number of nitrogens with zero attached hydrogens (tertiary/aromatic N) is 2. The van der Waals surface area contributed by atoms with Gasteiger partial charge in [0.25, 0.3) is 0 Å². The first-order chi connectivity index (χ1) is 8.65. The standard InChI is InChI=1S/C14H17N3O/c1-17-13(7-8-16-17)5-6-14(18)10-11-3-2-4-12(15)9-11/h2-4,7-9H,5-6,10,15H2,1H3. The van der Waals surface area contributed by atoms with Crippen LogP contribution in [0.25, 0.3) is 0 Å². The second kappa shape index (κ2) is 5.49. The van der Waals surface area contributed by atoms with Crippen molar-refractivity contribution in [3.8, 4) is 0 Å². The van der Waals surface area contributed by atoms with E-state index in [4.69, 9.17) is 5.73 Å². The van der Waals surface area contributed by atoms with Crippen molar-refractivity contribution < 1.29 is 4.79 Å². The fraction of sp³-hybridized carbons (Fsp3) is 0.286. The lowest BCUT2D eigenvalue weighted by molar-refractivity contribution is -0.118. The van der Waals surface area contributed by atoms with Gasteiger partial charge in [-0.1, -0.05) is 12.1 Å². The van der Waals surface area contributed by atoms with Gasteiger partial charge in [-0.05, 0) is 30.2 Å². The first-order valence-electron chi connectivity index (χ1n) is 5.98. The molecule has 2 N–H and O–H groups in total. The zero-order valence-electron chi connectivity index (χ0n) is 10.5. The van der Waals surface area contributed by atoms with E-state index in [1.165, 1.54) is 0 Å². The smallest absolute Gasteiger partial charge is 0.137 e. The van der Waals surface area contributed by atoms with Crippen molar-refractivity contribution >= 4 is 11.5 Å². The van der Waals surface area contributed by atoms with Crippen molar-refractivity contribution in [2.45, 2.75) is 19.3 Å². The van der Waals surface area contributed by atoms with E-state index in [2.05, 4.69) is 5.10 Å². The molecule has 0 unspecified atom stereocenters. The third-order valence-corrected chi connectivity index (χ3v) is 2.93. The lowest BCUT2D eigenvalue weighted by Crippen LogP contribution is -2.07. The maximum absolute atomic E-state index is 11.9. The van der Waals surface area contributed by atoms with Gasteiger partial charge in [-0.2, -0.15) is 5.10 Å². The van der Waals surface area contributed by atoms with E-state index in [1.54, 1.807) is 10.9 Å². The van der Waals surface area contributed by atoms with Crippen molar-refractivity contribution in [2.75, 3.05) is 5.73 Å². The maximum Gasteiger partial charge on any atom is 0.137 e. The predicted molar refractivity (Wildman–Crippen MR) is 71.1 cm³/mol. The van der Waals surface area contributed by atoms with E-state index in [1.807, 2.05) is 37.4 Å². The van der Waals surface area contributed by atoms with E-state index >= 15 is 0 Å². The molecule has 0 amide bonds. The van der Waals surface area contributed by atoms with Crippen molar-refractivity contribution in [3.05, 3.63) is 47.8 Å². The number of anilines is 1. The lowest BCUT2D eigenvalue weighted by Gasteiger charge is -2.03. The molecule has 1 heterocycles. The van der Waals surface area contributed by atoms with Crippen LogP contribution in [-0.2, 0) is 24.7 Å². The summed E-state index contributed by atoms with van der Waals surface area (Å²) in [5, 5.41) is 4.08. The molecule has 0 bridgehead atoms. The molecular weight excluding hydrogens is 226 g/mol. The molecule has 1 aromatic heterocycles. The summed E-state index contributed by atoms with van der Waals surface area (Å²) < 4.78 is 1.80. The van der Waals surface area contributed by atoms with E-state index in [0.717, 1.165) is 17.7 Å². The molecule has 0 aliphatic heterocycles. The summed E-state index contributed by atoms with van der Waals surface area (Å²) in [6.07, 6.45) is 3.46. The number of Topliss-reactive ketones (excluding diaryl/α,β-unsaturated/α-hetero) is 1. The molecule has 0 fully saturated rings. The van der Waals surface area contributed by atoms with Gasteiger partial charge in [0.2, 0.25) is 0 Å².